The van der Waals surface area contributed by atoms with E-state index in [2.05, 4.69) is 22.0 Å². The molecule has 310 valence electrons. The Balaban J connectivity index is 1.45. The van der Waals surface area contributed by atoms with Crippen molar-refractivity contribution in [2.45, 2.75) is 108 Å². The number of likely N-dealkylation sites (N-methyl/N-ethyl adjacent to an activating group) is 1. The van der Waals surface area contributed by atoms with E-state index in [0.29, 0.717) is 16.8 Å². The number of hydrogen-bond donors (Lipinski definition) is 3. The molecule has 3 aromatic carbocycles. The molecule has 2 aliphatic rings. The third-order valence-corrected chi connectivity index (χ3v) is 12.1. The summed E-state index contributed by atoms with van der Waals surface area (Å²) in [5, 5.41) is 9.09. The first kappa shape index (κ1) is 43.7. The van der Waals surface area contributed by atoms with Crippen molar-refractivity contribution in [3.63, 3.8) is 0 Å². The normalized spacial score (nSPS) is 17.4. The van der Waals surface area contributed by atoms with Crippen LogP contribution in [0.15, 0.2) is 66.7 Å². The number of benzene rings is 3. The summed E-state index contributed by atoms with van der Waals surface area (Å²) in [5.74, 6) is -2.24. The molecule has 14 heteroatoms. The van der Waals surface area contributed by atoms with Gasteiger partial charge in [-0.15, -0.1) is 0 Å². The quantitative estimate of drug-likeness (QED) is 0.196. The minimum Gasteiger partial charge on any atom is -0.465 e. The first-order valence-electron chi connectivity index (χ1n) is 19.4. The number of amides is 5. The van der Waals surface area contributed by atoms with Crippen molar-refractivity contribution < 1.29 is 38.2 Å². The summed E-state index contributed by atoms with van der Waals surface area (Å²) in [7, 11) is 2.75. The number of anilines is 1. The highest BCUT2D eigenvalue weighted by molar-refractivity contribution is 8.00. The number of esters is 1. The Labute approximate surface area is 345 Å². The predicted molar refractivity (Wildman–Crippen MR) is 223 cm³/mol. The van der Waals surface area contributed by atoms with Gasteiger partial charge in [0.2, 0.25) is 17.7 Å². The van der Waals surface area contributed by atoms with Gasteiger partial charge in [0.15, 0.2) is 0 Å². The highest BCUT2D eigenvalue weighted by Crippen LogP contribution is 2.34. The second-order valence-electron chi connectivity index (χ2n) is 16.4. The monoisotopic (exact) mass is 813 g/mol. The number of carbonyl (C=O) groups is 6. The van der Waals surface area contributed by atoms with E-state index in [9.17, 15) is 24.0 Å². The Hall–Kier alpha value is -5.37. The minimum atomic E-state index is -1.10. The maximum atomic E-state index is 15.0. The largest absolute Gasteiger partial charge is 0.465 e. The third-order valence-electron chi connectivity index (χ3n) is 10.8. The van der Waals surface area contributed by atoms with Gasteiger partial charge in [0.1, 0.15) is 23.7 Å². The van der Waals surface area contributed by atoms with Crippen molar-refractivity contribution >= 4 is 53.1 Å². The zero-order valence-corrected chi connectivity index (χ0v) is 35.6. The lowest BCUT2D eigenvalue weighted by Crippen LogP contribution is -2.63. The molecule has 3 aromatic rings. The highest BCUT2D eigenvalue weighted by Gasteiger charge is 2.45. The van der Waals surface area contributed by atoms with Crippen LogP contribution in [-0.4, -0.2) is 94.4 Å². The van der Waals surface area contributed by atoms with Crippen molar-refractivity contribution in [3.8, 4) is 0 Å². The molecule has 0 aromatic heterocycles. The van der Waals surface area contributed by atoms with Crippen LogP contribution in [0.4, 0.5) is 10.5 Å². The van der Waals surface area contributed by atoms with Gasteiger partial charge in [-0.1, -0.05) is 30.3 Å². The van der Waals surface area contributed by atoms with Crippen molar-refractivity contribution in [1.82, 2.24) is 20.4 Å². The summed E-state index contributed by atoms with van der Waals surface area (Å²) in [6.45, 7) is 10.5. The number of thioether (sulfide) groups is 1. The molecule has 0 bridgehead atoms. The molecular weight excluding hydrogens is 759 g/mol. The lowest BCUT2D eigenvalue weighted by Gasteiger charge is -2.42. The summed E-state index contributed by atoms with van der Waals surface area (Å²) in [4.78, 5) is 84.1. The van der Waals surface area contributed by atoms with E-state index in [1.807, 2.05) is 44.4 Å². The van der Waals surface area contributed by atoms with E-state index < -0.39 is 58.3 Å². The fraction of sp³-hybridized carbons (Fsp3) is 0.455. The zero-order chi connectivity index (χ0) is 42.5. The van der Waals surface area contributed by atoms with E-state index in [1.54, 1.807) is 39.8 Å². The molecular formula is C44H55N5O8S. The van der Waals surface area contributed by atoms with Crippen LogP contribution < -0.4 is 16.0 Å². The van der Waals surface area contributed by atoms with E-state index in [4.69, 9.17) is 9.47 Å². The topological polar surface area (TPSA) is 163 Å². The Kier molecular flexibility index (Phi) is 13.6. The van der Waals surface area contributed by atoms with E-state index in [-0.39, 0.29) is 24.9 Å². The van der Waals surface area contributed by atoms with E-state index in [1.165, 1.54) is 65.5 Å². The van der Waals surface area contributed by atoms with E-state index in [0.717, 1.165) is 36.0 Å². The van der Waals surface area contributed by atoms with Gasteiger partial charge >= 0.3 is 12.1 Å². The summed E-state index contributed by atoms with van der Waals surface area (Å²) in [6.07, 6.45) is 3.95. The van der Waals surface area contributed by atoms with Crippen LogP contribution in [0.25, 0.3) is 0 Å². The molecule has 58 heavy (non-hydrogen) atoms. The van der Waals surface area contributed by atoms with Gasteiger partial charge in [0.05, 0.1) is 18.7 Å². The molecule has 5 amide bonds. The smallest absolute Gasteiger partial charge is 0.410 e. The molecule has 1 aliphatic heterocycles. The molecule has 5 rings (SSSR count). The van der Waals surface area contributed by atoms with Crippen molar-refractivity contribution in [2.75, 3.05) is 25.7 Å². The molecule has 4 atom stereocenters. The van der Waals surface area contributed by atoms with Gasteiger partial charge in [-0.05, 0) is 126 Å². The molecule has 13 nitrogen and oxygen atoms in total. The maximum Gasteiger partial charge on any atom is 0.410 e. The van der Waals surface area contributed by atoms with Crippen molar-refractivity contribution in [1.29, 1.82) is 0 Å². The summed E-state index contributed by atoms with van der Waals surface area (Å²) in [5.41, 5.74) is 4.15. The van der Waals surface area contributed by atoms with Crippen LogP contribution in [0.2, 0.25) is 0 Å². The number of fused-ring (bicyclic) bond motifs is 2. The SMILES string of the molecule is COC(=O)c1ccc(C(=O)Nc2ccc3c(c2)CN(C(=O)C(NC(=O)[C@H](C)N(C)C(=O)OC(C)(C)C)C(C)(C)SC)C(C(=O)NC2CCCc4ccccc42)C3)cc1. The molecule has 1 aliphatic carbocycles. The lowest BCUT2D eigenvalue weighted by atomic mass is 9.87. The fourth-order valence-electron chi connectivity index (χ4n) is 7.13. The maximum absolute atomic E-state index is 15.0. The fourth-order valence-corrected chi connectivity index (χ4v) is 7.52. The number of carbonyl (C=O) groups excluding carboxylic acids is 6. The first-order chi connectivity index (χ1) is 27.3. The van der Waals surface area contributed by atoms with Crippen LogP contribution in [0, 0.1) is 0 Å². The third kappa shape index (κ3) is 10.2. The predicted octanol–water partition coefficient (Wildman–Crippen LogP) is 6.05. The Morgan fingerprint density at radius 2 is 1.57 bits per heavy atom. The number of hydrogen-bond acceptors (Lipinski definition) is 9. The highest BCUT2D eigenvalue weighted by atomic mass is 32.2. The Bertz CT molecular complexity index is 2050. The molecule has 0 saturated carbocycles. The Morgan fingerprint density at radius 3 is 2.22 bits per heavy atom. The standard InChI is InChI=1S/C44H55N5O8S/c1-26(48(7)42(55)57-43(2,3)4)37(50)47-36(44(5,6)58-9)40(53)49-25-31-23-32(45-38(51)28-17-19-29(20-18-28)41(54)56-8)22-21-30(31)24-35(49)39(52)46-34-16-12-14-27-13-10-11-15-33(27)34/h10-11,13,15,17-23,26,34-36H,12,14,16,24-25H2,1-9H3,(H,45,51)(H,46,52)(H,47,50)/t26-,34?,35?,36?/m0/s1. The van der Waals surface area contributed by atoms with Crippen LogP contribution in [-0.2, 0) is 43.2 Å². The molecule has 3 unspecified atom stereocenters. The Morgan fingerprint density at radius 1 is 0.897 bits per heavy atom. The minimum absolute atomic E-state index is 0.0231. The van der Waals surface area contributed by atoms with Gasteiger partial charge in [0.25, 0.3) is 5.91 Å². The van der Waals surface area contributed by atoms with Gasteiger partial charge in [-0.25, -0.2) is 9.59 Å². The van der Waals surface area contributed by atoms with Gasteiger partial charge in [0, 0.05) is 36.0 Å². The number of rotatable bonds is 11. The second kappa shape index (κ2) is 18.0. The van der Waals surface area contributed by atoms with Crippen molar-refractivity contribution in [2.24, 2.45) is 0 Å². The molecule has 0 fully saturated rings. The summed E-state index contributed by atoms with van der Waals surface area (Å²) >= 11 is 1.39. The van der Waals surface area contributed by atoms with Gasteiger partial charge in [-0.2, -0.15) is 11.8 Å². The zero-order valence-electron chi connectivity index (χ0n) is 34.8. The molecule has 0 saturated heterocycles. The van der Waals surface area contributed by atoms with Crippen molar-refractivity contribution in [3.05, 3.63) is 100 Å². The van der Waals surface area contributed by atoms with Crippen LogP contribution >= 0.6 is 11.8 Å². The molecule has 1 heterocycles. The molecule has 0 radical (unpaired) electrons. The summed E-state index contributed by atoms with van der Waals surface area (Å²) < 4.78 is 9.39. The number of nitrogens with one attached hydrogen (secondary N) is 3. The number of methoxy groups -OCH3 is 1. The van der Waals surface area contributed by atoms with E-state index >= 15 is 4.79 Å². The molecule has 0 spiro atoms. The van der Waals surface area contributed by atoms with Gasteiger partial charge in [-0.3, -0.25) is 24.1 Å². The summed E-state index contributed by atoms with van der Waals surface area (Å²) in [6, 6.07) is 16.3. The molecule has 3 N–H and O–H groups in total. The van der Waals surface area contributed by atoms with Gasteiger partial charge < -0.3 is 30.3 Å². The van der Waals surface area contributed by atoms with Crippen LogP contribution in [0.3, 0.4) is 0 Å². The average Bonchev–Trinajstić information content (AvgIpc) is 3.20. The van der Waals surface area contributed by atoms with Crippen LogP contribution in [0.5, 0.6) is 0 Å². The average molecular weight is 814 g/mol. The second-order valence-corrected chi connectivity index (χ2v) is 17.8. The number of aryl methyl sites for hydroxylation is 1. The van der Waals surface area contributed by atoms with Crippen LogP contribution in [0.1, 0.15) is 103 Å². The first-order valence-corrected chi connectivity index (χ1v) is 20.7. The number of ether oxygens (including phenoxy) is 2. The lowest BCUT2D eigenvalue weighted by molar-refractivity contribution is -0.145. The number of nitrogens with zero attached hydrogens (tertiary/aromatic N) is 2.